The Morgan fingerprint density at radius 1 is 1.00 bits per heavy atom. The third-order valence-electron chi connectivity index (χ3n) is 3.49. The average molecular weight is 302 g/mol. The van der Waals surface area contributed by atoms with Gasteiger partial charge in [0.25, 0.3) is 0 Å². The molecule has 0 bridgehead atoms. The van der Waals surface area contributed by atoms with Crippen LogP contribution in [0.3, 0.4) is 0 Å². The van der Waals surface area contributed by atoms with E-state index in [1.807, 2.05) is 0 Å². The SMILES string of the molecule is O=C1c2ccccc2OC[C@@H]1CS(=O)(=O)c1ccccc1. The monoisotopic (exact) mass is 302 g/mol. The molecule has 21 heavy (non-hydrogen) atoms. The van der Waals surface area contributed by atoms with E-state index in [0.29, 0.717) is 11.3 Å². The molecule has 0 saturated heterocycles. The lowest BCUT2D eigenvalue weighted by molar-refractivity contribution is 0.0851. The van der Waals surface area contributed by atoms with E-state index >= 15 is 0 Å². The fraction of sp³-hybridized carbons (Fsp3) is 0.188. The number of benzene rings is 2. The Labute approximate surface area is 123 Å². The summed E-state index contributed by atoms with van der Waals surface area (Å²) in [4.78, 5) is 12.6. The molecule has 0 unspecified atom stereocenters. The molecule has 0 fully saturated rings. The lowest BCUT2D eigenvalue weighted by Crippen LogP contribution is -2.33. The van der Waals surface area contributed by atoms with Gasteiger partial charge in [-0.3, -0.25) is 4.79 Å². The Hall–Kier alpha value is -2.14. The number of ketones is 1. The number of rotatable bonds is 3. The number of fused-ring (bicyclic) bond motifs is 1. The van der Waals surface area contributed by atoms with Crippen LogP contribution in [0.2, 0.25) is 0 Å². The second kappa shape index (κ2) is 5.33. The zero-order chi connectivity index (χ0) is 14.9. The molecule has 5 heteroatoms. The molecule has 2 aromatic carbocycles. The molecule has 0 saturated carbocycles. The highest BCUT2D eigenvalue weighted by molar-refractivity contribution is 7.91. The highest BCUT2D eigenvalue weighted by atomic mass is 32.2. The van der Waals surface area contributed by atoms with Crippen LogP contribution in [0, 0.1) is 5.92 Å². The molecule has 1 aliphatic heterocycles. The number of hydrogen-bond acceptors (Lipinski definition) is 4. The van der Waals surface area contributed by atoms with E-state index in [1.54, 1.807) is 42.5 Å². The molecule has 4 nitrogen and oxygen atoms in total. The van der Waals surface area contributed by atoms with Gasteiger partial charge in [-0.25, -0.2) is 8.42 Å². The lowest BCUT2D eigenvalue weighted by Gasteiger charge is -2.23. The van der Waals surface area contributed by atoms with E-state index in [9.17, 15) is 13.2 Å². The van der Waals surface area contributed by atoms with Gasteiger partial charge < -0.3 is 4.74 Å². The van der Waals surface area contributed by atoms with Gasteiger partial charge in [0.1, 0.15) is 5.75 Å². The van der Waals surface area contributed by atoms with Crippen LogP contribution >= 0.6 is 0 Å². The zero-order valence-corrected chi connectivity index (χ0v) is 12.0. The number of Topliss-reactive ketones (excluding diaryl/α,β-unsaturated/α-hetero) is 1. The minimum atomic E-state index is -3.50. The predicted octanol–water partition coefficient (Wildman–Crippen LogP) is 2.35. The van der Waals surface area contributed by atoms with Crippen molar-refractivity contribution >= 4 is 15.6 Å². The zero-order valence-electron chi connectivity index (χ0n) is 11.2. The van der Waals surface area contributed by atoms with Crippen LogP contribution in [0.5, 0.6) is 5.75 Å². The predicted molar refractivity (Wildman–Crippen MR) is 78.3 cm³/mol. The topological polar surface area (TPSA) is 60.4 Å². The Bertz CT molecular complexity index is 766. The molecule has 0 amide bonds. The largest absolute Gasteiger partial charge is 0.492 e. The summed E-state index contributed by atoms with van der Waals surface area (Å²) < 4.78 is 30.2. The number of hydrogen-bond donors (Lipinski definition) is 0. The molecule has 1 heterocycles. The van der Waals surface area contributed by atoms with Gasteiger partial charge in [0.2, 0.25) is 0 Å². The quantitative estimate of drug-likeness (QED) is 0.873. The van der Waals surface area contributed by atoms with Crippen LogP contribution in [-0.2, 0) is 9.84 Å². The molecule has 0 aliphatic carbocycles. The third kappa shape index (κ3) is 2.69. The minimum Gasteiger partial charge on any atom is -0.492 e. The number of ether oxygens (including phenoxy) is 1. The van der Waals surface area contributed by atoms with Crippen molar-refractivity contribution in [1.29, 1.82) is 0 Å². The van der Waals surface area contributed by atoms with Crippen LogP contribution < -0.4 is 4.74 Å². The van der Waals surface area contributed by atoms with Crippen molar-refractivity contribution in [2.24, 2.45) is 5.92 Å². The van der Waals surface area contributed by atoms with Gasteiger partial charge in [0.05, 0.1) is 28.7 Å². The van der Waals surface area contributed by atoms with Crippen LogP contribution in [0.4, 0.5) is 0 Å². The average Bonchev–Trinajstić information content (AvgIpc) is 2.51. The maximum Gasteiger partial charge on any atom is 0.179 e. The van der Waals surface area contributed by atoms with E-state index in [-0.39, 0.29) is 23.0 Å². The first-order valence-electron chi connectivity index (χ1n) is 6.62. The molecule has 2 aromatic rings. The molecule has 108 valence electrons. The summed E-state index contributed by atoms with van der Waals surface area (Å²) in [6, 6.07) is 15.1. The molecule has 1 atom stereocenters. The van der Waals surface area contributed by atoms with Gasteiger partial charge in [0.15, 0.2) is 15.6 Å². The molecular weight excluding hydrogens is 288 g/mol. The van der Waals surface area contributed by atoms with E-state index < -0.39 is 15.8 Å². The van der Waals surface area contributed by atoms with Gasteiger partial charge >= 0.3 is 0 Å². The molecule has 0 radical (unpaired) electrons. The van der Waals surface area contributed by atoms with E-state index in [4.69, 9.17) is 4.74 Å². The Balaban J connectivity index is 1.86. The van der Waals surface area contributed by atoms with E-state index in [2.05, 4.69) is 0 Å². The maximum atomic E-state index is 12.4. The Morgan fingerprint density at radius 2 is 1.67 bits per heavy atom. The standard InChI is InChI=1S/C16H14O4S/c17-16-12(10-20-15-9-5-4-8-14(15)16)11-21(18,19)13-6-2-1-3-7-13/h1-9,12H,10-11H2/t12-/m1/s1. The number of para-hydroxylation sites is 1. The third-order valence-corrected chi connectivity index (χ3v) is 5.32. The van der Waals surface area contributed by atoms with Crippen molar-refractivity contribution < 1.29 is 17.9 Å². The second-order valence-corrected chi connectivity index (χ2v) is 7.00. The van der Waals surface area contributed by atoms with Crippen LogP contribution in [0.25, 0.3) is 0 Å². The summed E-state index contributed by atoms with van der Waals surface area (Å²) in [5.41, 5.74) is 0.456. The lowest BCUT2D eigenvalue weighted by atomic mass is 9.97. The van der Waals surface area contributed by atoms with E-state index in [1.165, 1.54) is 12.1 Å². The van der Waals surface area contributed by atoms with Crippen molar-refractivity contribution in [2.45, 2.75) is 4.90 Å². The second-order valence-electron chi connectivity index (χ2n) is 4.96. The molecule has 0 aromatic heterocycles. The summed E-state index contributed by atoms with van der Waals surface area (Å²) >= 11 is 0. The van der Waals surface area contributed by atoms with Gasteiger partial charge in [-0.05, 0) is 24.3 Å². The normalized spacial score (nSPS) is 17.9. The first-order valence-corrected chi connectivity index (χ1v) is 8.27. The highest BCUT2D eigenvalue weighted by Gasteiger charge is 2.32. The number of carbonyl (C=O) groups excluding carboxylic acids is 1. The molecule has 0 spiro atoms. The fourth-order valence-corrected chi connectivity index (χ4v) is 3.94. The van der Waals surface area contributed by atoms with Crippen molar-refractivity contribution in [2.75, 3.05) is 12.4 Å². The summed E-state index contributed by atoms with van der Waals surface area (Å²) in [5.74, 6) is -0.540. The number of carbonyl (C=O) groups is 1. The number of sulfone groups is 1. The van der Waals surface area contributed by atoms with Crippen molar-refractivity contribution in [1.82, 2.24) is 0 Å². The Morgan fingerprint density at radius 3 is 2.43 bits per heavy atom. The summed E-state index contributed by atoms with van der Waals surface area (Å²) in [5, 5.41) is 0. The minimum absolute atomic E-state index is 0.0991. The first-order chi connectivity index (χ1) is 10.1. The summed E-state index contributed by atoms with van der Waals surface area (Å²) in [6.45, 7) is 0.0991. The van der Waals surface area contributed by atoms with Crippen molar-refractivity contribution in [3.8, 4) is 5.75 Å². The molecule has 1 aliphatic rings. The van der Waals surface area contributed by atoms with Gasteiger partial charge in [0, 0.05) is 0 Å². The first kappa shape index (κ1) is 13.8. The smallest absolute Gasteiger partial charge is 0.179 e. The van der Waals surface area contributed by atoms with Crippen molar-refractivity contribution in [3.05, 3.63) is 60.2 Å². The Kier molecular flexibility index (Phi) is 3.51. The van der Waals surface area contributed by atoms with E-state index in [0.717, 1.165) is 0 Å². The maximum absolute atomic E-state index is 12.4. The summed E-state index contributed by atoms with van der Waals surface area (Å²) in [6.07, 6.45) is 0. The molecule has 0 N–H and O–H groups in total. The van der Waals surface area contributed by atoms with Gasteiger partial charge in [-0.1, -0.05) is 30.3 Å². The van der Waals surface area contributed by atoms with Crippen LogP contribution in [-0.4, -0.2) is 26.6 Å². The van der Waals surface area contributed by atoms with Crippen molar-refractivity contribution in [3.63, 3.8) is 0 Å². The van der Waals surface area contributed by atoms with Gasteiger partial charge in [-0.15, -0.1) is 0 Å². The summed E-state index contributed by atoms with van der Waals surface area (Å²) in [7, 11) is -3.50. The highest BCUT2D eigenvalue weighted by Crippen LogP contribution is 2.28. The van der Waals surface area contributed by atoms with Gasteiger partial charge in [-0.2, -0.15) is 0 Å². The van der Waals surface area contributed by atoms with Crippen LogP contribution in [0.15, 0.2) is 59.5 Å². The van der Waals surface area contributed by atoms with Crippen LogP contribution in [0.1, 0.15) is 10.4 Å². The fourth-order valence-electron chi connectivity index (χ4n) is 2.39. The molecule has 3 rings (SSSR count). The molecular formula is C16H14O4S.